The van der Waals surface area contributed by atoms with Crippen molar-refractivity contribution < 1.29 is 19.1 Å². The van der Waals surface area contributed by atoms with Crippen LogP contribution in [0.5, 0.6) is 5.75 Å². The van der Waals surface area contributed by atoms with Crippen molar-refractivity contribution in [1.82, 2.24) is 9.80 Å². The van der Waals surface area contributed by atoms with Gasteiger partial charge >= 0.3 is 0 Å². The van der Waals surface area contributed by atoms with E-state index in [1.165, 1.54) is 4.90 Å². The van der Waals surface area contributed by atoms with Crippen LogP contribution in [-0.4, -0.2) is 53.8 Å². The number of imide groups is 1. The van der Waals surface area contributed by atoms with E-state index in [1.807, 2.05) is 0 Å². The maximum atomic E-state index is 12.7. The number of piperidine rings is 1. The Morgan fingerprint density at radius 2 is 1.48 bits per heavy atom. The zero-order valence-corrected chi connectivity index (χ0v) is 15.1. The van der Waals surface area contributed by atoms with Gasteiger partial charge in [-0.2, -0.15) is 0 Å². The maximum Gasteiger partial charge on any atom is 0.261 e. The number of likely N-dealkylation sites (tertiary alicyclic amines) is 1. The van der Waals surface area contributed by atoms with Crippen LogP contribution in [0.25, 0.3) is 0 Å². The lowest BCUT2D eigenvalue weighted by Gasteiger charge is -2.35. The molecule has 2 aromatic rings. The van der Waals surface area contributed by atoms with Gasteiger partial charge in [0, 0.05) is 24.7 Å². The summed E-state index contributed by atoms with van der Waals surface area (Å²) in [7, 11) is 1.58. The van der Waals surface area contributed by atoms with Crippen molar-refractivity contribution in [1.29, 1.82) is 0 Å². The number of nitrogens with zero attached hydrogens (tertiary/aromatic N) is 2. The number of carbonyl (C=O) groups excluding carboxylic acids is 3. The number of amides is 3. The Morgan fingerprint density at radius 1 is 0.926 bits per heavy atom. The van der Waals surface area contributed by atoms with Crippen LogP contribution in [0.4, 0.5) is 0 Å². The van der Waals surface area contributed by atoms with Gasteiger partial charge < -0.3 is 9.64 Å². The second kappa shape index (κ2) is 6.87. The van der Waals surface area contributed by atoms with Gasteiger partial charge in [0.25, 0.3) is 17.7 Å². The highest BCUT2D eigenvalue weighted by Gasteiger charge is 2.41. The van der Waals surface area contributed by atoms with E-state index in [0.717, 1.165) is 0 Å². The molecule has 27 heavy (non-hydrogen) atoms. The van der Waals surface area contributed by atoms with E-state index in [4.69, 9.17) is 4.74 Å². The van der Waals surface area contributed by atoms with Gasteiger partial charge in [-0.25, -0.2) is 0 Å². The molecule has 0 saturated carbocycles. The number of hydrogen-bond donors (Lipinski definition) is 0. The molecule has 3 amide bonds. The fourth-order valence-corrected chi connectivity index (χ4v) is 3.78. The predicted octanol–water partition coefficient (Wildman–Crippen LogP) is 2.60. The molecule has 0 N–H and O–H groups in total. The molecule has 4 rings (SSSR count). The van der Waals surface area contributed by atoms with Gasteiger partial charge in [0.05, 0.1) is 18.2 Å². The summed E-state index contributed by atoms with van der Waals surface area (Å²) in [6.45, 7) is 1.03. The summed E-state index contributed by atoms with van der Waals surface area (Å²) in [4.78, 5) is 41.1. The van der Waals surface area contributed by atoms with Crippen LogP contribution in [0, 0.1) is 0 Å². The molecule has 2 aliphatic heterocycles. The lowest BCUT2D eigenvalue weighted by molar-refractivity contribution is 0.0479. The lowest BCUT2D eigenvalue weighted by Crippen LogP contribution is -2.48. The monoisotopic (exact) mass is 364 g/mol. The Kier molecular flexibility index (Phi) is 4.39. The van der Waals surface area contributed by atoms with E-state index in [9.17, 15) is 14.4 Å². The third-order valence-electron chi connectivity index (χ3n) is 5.28. The predicted molar refractivity (Wildman–Crippen MR) is 98.9 cm³/mol. The van der Waals surface area contributed by atoms with Crippen LogP contribution in [0.3, 0.4) is 0 Å². The molecule has 6 heteroatoms. The van der Waals surface area contributed by atoms with Crippen molar-refractivity contribution in [3.8, 4) is 5.75 Å². The van der Waals surface area contributed by atoms with Crippen LogP contribution >= 0.6 is 0 Å². The zero-order valence-electron chi connectivity index (χ0n) is 15.1. The van der Waals surface area contributed by atoms with E-state index >= 15 is 0 Å². The summed E-state index contributed by atoms with van der Waals surface area (Å²) >= 11 is 0. The molecule has 138 valence electrons. The Bertz CT molecular complexity index is 864. The van der Waals surface area contributed by atoms with Gasteiger partial charge in [0.1, 0.15) is 5.75 Å². The average molecular weight is 364 g/mol. The number of rotatable bonds is 3. The zero-order chi connectivity index (χ0) is 19.0. The first-order chi connectivity index (χ1) is 13.1. The van der Waals surface area contributed by atoms with Gasteiger partial charge in [0.2, 0.25) is 0 Å². The first kappa shape index (κ1) is 17.3. The van der Waals surface area contributed by atoms with Crippen LogP contribution in [0.2, 0.25) is 0 Å². The third kappa shape index (κ3) is 2.97. The number of hydrogen-bond acceptors (Lipinski definition) is 4. The molecule has 0 spiro atoms. The van der Waals surface area contributed by atoms with E-state index in [0.29, 0.717) is 48.4 Å². The fraction of sp³-hybridized carbons (Fsp3) is 0.286. The standard InChI is InChI=1S/C21H20N2O4/c1-27-16-8-6-14(7-9-16)19(24)22-12-10-15(11-13-22)23-20(25)17-4-2-3-5-18(17)21(23)26/h2-9,15H,10-13H2,1H3. The van der Waals surface area contributed by atoms with Crippen LogP contribution in [0.15, 0.2) is 48.5 Å². The third-order valence-corrected chi connectivity index (χ3v) is 5.28. The molecule has 0 aromatic heterocycles. The fourth-order valence-electron chi connectivity index (χ4n) is 3.78. The minimum atomic E-state index is -0.226. The second-order valence-corrected chi connectivity index (χ2v) is 6.78. The molecular formula is C21H20N2O4. The molecule has 0 atom stereocenters. The largest absolute Gasteiger partial charge is 0.497 e. The van der Waals surface area contributed by atoms with Gasteiger partial charge in [-0.3, -0.25) is 19.3 Å². The highest BCUT2D eigenvalue weighted by atomic mass is 16.5. The van der Waals surface area contributed by atoms with Crippen molar-refractivity contribution in [2.75, 3.05) is 20.2 Å². The molecule has 0 bridgehead atoms. The Morgan fingerprint density at radius 3 is 2.00 bits per heavy atom. The van der Waals surface area contributed by atoms with Crippen molar-refractivity contribution in [2.45, 2.75) is 18.9 Å². The van der Waals surface area contributed by atoms with E-state index in [-0.39, 0.29) is 23.8 Å². The van der Waals surface area contributed by atoms with E-state index in [1.54, 1.807) is 60.5 Å². The maximum absolute atomic E-state index is 12.7. The molecule has 0 radical (unpaired) electrons. The highest BCUT2D eigenvalue weighted by Crippen LogP contribution is 2.29. The van der Waals surface area contributed by atoms with E-state index in [2.05, 4.69) is 0 Å². The number of methoxy groups -OCH3 is 1. The lowest BCUT2D eigenvalue weighted by atomic mass is 10.0. The molecule has 0 aliphatic carbocycles. The summed E-state index contributed by atoms with van der Waals surface area (Å²) in [6, 6.07) is 13.8. The summed E-state index contributed by atoms with van der Waals surface area (Å²) < 4.78 is 5.12. The van der Waals surface area contributed by atoms with Crippen molar-refractivity contribution in [3.63, 3.8) is 0 Å². The van der Waals surface area contributed by atoms with Gasteiger partial charge in [-0.05, 0) is 49.2 Å². The molecule has 2 aliphatic rings. The minimum absolute atomic E-state index is 0.0431. The van der Waals surface area contributed by atoms with E-state index < -0.39 is 0 Å². The molecule has 6 nitrogen and oxygen atoms in total. The Balaban J connectivity index is 1.43. The topological polar surface area (TPSA) is 66.9 Å². The van der Waals surface area contributed by atoms with Crippen molar-refractivity contribution >= 4 is 17.7 Å². The van der Waals surface area contributed by atoms with Gasteiger partial charge in [-0.15, -0.1) is 0 Å². The summed E-state index contributed by atoms with van der Waals surface area (Å²) in [5.41, 5.74) is 1.55. The van der Waals surface area contributed by atoms with Crippen molar-refractivity contribution in [3.05, 3.63) is 65.2 Å². The SMILES string of the molecule is COc1ccc(C(=O)N2CCC(N3C(=O)c4ccccc4C3=O)CC2)cc1. The van der Waals surface area contributed by atoms with Crippen LogP contribution in [0.1, 0.15) is 43.9 Å². The van der Waals surface area contributed by atoms with Gasteiger partial charge in [-0.1, -0.05) is 12.1 Å². The highest BCUT2D eigenvalue weighted by molar-refractivity contribution is 6.21. The number of fused-ring (bicyclic) bond motifs is 1. The second-order valence-electron chi connectivity index (χ2n) is 6.78. The number of ether oxygens (including phenoxy) is 1. The van der Waals surface area contributed by atoms with Crippen molar-refractivity contribution in [2.24, 2.45) is 0 Å². The van der Waals surface area contributed by atoms with Crippen LogP contribution < -0.4 is 4.74 Å². The number of benzene rings is 2. The minimum Gasteiger partial charge on any atom is -0.497 e. The molecular weight excluding hydrogens is 344 g/mol. The van der Waals surface area contributed by atoms with Crippen LogP contribution in [-0.2, 0) is 0 Å². The van der Waals surface area contributed by atoms with Gasteiger partial charge in [0.15, 0.2) is 0 Å². The summed E-state index contributed by atoms with van der Waals surface area (Å²) in [5, 5.41) is 0. The summed E-state index contributed by atoms with van der Waals surface area (Å²) in [6.07, 6.45) is 1.18. The normalized spacial score (nSPS) is 17.2. The molecule has 0 unspecified atom stereocenters. The molecule has 1 saturated heterocycles. The smallest absolute Gasteiger partial charge is 0.261 e. The first-order valence-corrected chi connectivity index (χ1v) is 9.00. The Labute approximate surface area is 157 Å². The molecule has 2 aromatic carbocycles. The average Bonchev–Trinajstić information content (AvgIpc) is 2.98. The molecule has 2 heterocycles. The molecule has 1 fully saturated rings. The first-order valence-electron chi connectivity index (χ1n) is 9.00. The quantitative estimate of drug-likeness (QED) is 0.785. The Hall–Kier alpha value is -3.15. The number of carbonyl (C=O) groups is 3. The summed E-state index contributed by atoms with van der Waals surface area (Å²) in [5.74, 6) is 0.209.